The van der Waals surface area contributed by atoms with Crippen LogP contribution in [0.1, 0.15) is 16.2 Å². The Bertz CT molecular complexity index is 927. The average Bonchev–Trinajstić information content (AvgIpc) is 3.12. The van der Waals surface area contributed by atoms with Gasteiger partial charge in [-0.2, -0.15) is 10.1 Å². The van der Waals surface area contributed by atoms with Crippen LogP contribution >= 0.6 is 0 Å². The van der Waals surface area contributed by atoms with Gasteiger partial charge in [0.25, 0.3) is 5.91 Å². The topological polar surface area (TPSA) is 95.3 Å². The Labute approximate surface area is 149 Å². The predicted molar refractivity (Wildman–Crippen MR) is 91.1 cm³/mol. The van der Waals surface area contributed by atoms with Crippen molar-refractivity contribution in [2.45, 2.75) is 13.2 Å². The average molecular weight is 352 g/mol. The standard InChI is InChI=1S/C17H16N6O3/c1-25-17-19-7-5-14(20-17)22-8-9-23-13(16(22)24)10-12(21-23)11-26-15-4-2-3-6-18-15/h2-7,10H,8-9,11H2,1H3. The minimum absolute atomic E-state index is 0.173. The third kappa shape index (κ3) is 3.06. The van der Waals surface area contributed by atoms with Gasteiger partial charge in [-0.25, -0.2) is 9.97 Å². The molecule has 0 radical (unpaired) electrons. The van der Waals surface area contributed by atoms with Gasteiger partial charge in [-0.1, -0.05) is 6.07 Å². The van der Waals surface area contributed by atoms with Crippen LogP contribution in [0.25, 0.3) is 0 Å². The van der Waals surface area contributed by atoms with Crippen molar-refractivity contribution in [1.82, 2.24) is 24.7 Å². The van der Waals surface area contributed by atoms with E-state index in [1.165, 1.54) is 7.11 Å². The minimum Gasteiger partial charge on any atom is -0.471 e. The molecule has 3 aromatic heterocycles. The number of hydrogen-bond donors (Lipinski definition) is 0. The second-order valence-electron chi connectivity index (χ2n) is 5.56. The van der Waals surface area contributed by atoms with Crippen LogP contribution in [0.5, 0.6) is 11.9 Å². The highest BCUT2D eigenvalue weighted by Crippen LogP contribution is 2.21. The highest BCUT2D eigenvalue weighted by atomic mass is 16.5. The first kappa shape index (κ1) is 16.0. The van der Waals surface area contributed by atoms with Crippen molar-refractivity contribution in [3.8, 4) is 11.9 Å². The lowest BCUT2D eigenvalue weighted by atomic mass is 10.2. The lowest BCUT2D eigenvalue weighted by molar-refractivity contribution is 0.0961. The monoisotopic (exact) mass is 352 g/mol. The molecule has 1 amide bonds. The fourth-order valence-electron chi connectivity index (χ4n) is 2.70. The van der Waals surface area contributed by atoms with Crippen LogP contribution in [0, 0.1) is 0 Å². The first-order valence-corrected chi connectivity index (χ1v) is 8.04. The molecule has 1 aliphatic rings. The molecule has 26 heavy (non-hydrogen) atoms. The van der Waals surface area contributed by atoms with Gasteiger partial charge in [0.2, 0.25) is 5.88 Å². The molecule has 0 aromatic carbocycles. The molecule has 9 heteroatoms. The summed E-state index contributed by atoms with van der Waals surface area (Å²) in [7, 11) is 1.49. The van der Waals surface area contributed by atoms with Crippen molar-refractivity contribution in [2.24, 2.45) is 0 Å². The number of carbonyl (C=O) groups excluding carboxylic acids is 1. The molecule has 0 spiro atoms. The fraction of sp³-hybridized carbons (Fsp3) is 0.235. The van der Waals surface area contributed by atoms with Gasteiger partial charge in [0.15, 0.2) is 0 Å². The molecule has 0 saturated heterocycles. The van der Waals surface area contributed by atoms with E-state index in [0.717, 1.165) is 0 Å². The highest BCUT2D eigenvalue weighted by Gasteiger charge is 2.28. The van der Waals surface area contributed by atoms with Crippen molar-refractivity contribution >= 4 is 11.7 Å². The van der Waals surface area contributed by atoms with Crippen LogP contribution in [0.2, 0.25) is 0 Å². The largest absolute Gasteiger partial charge is 0.471 e. The lowest BCUT2D eigenvalue weighted by Gasteiger charge is -2.26. The van der Waals surface area contributed by atoms with Crippen LogP contribution in [-0.4, -0.2) is 44.3 Å². The van der Waals surface area contributed by atoms with Crippen LogP contribution in [0.15, 0.2) is 42.7 Å². The van der Waals surface area contributed by atoms with E-state index in [-0.39, 0.29) is 18.5 Å². The van der Waals surface area contributed by atoms with Gasteiger partial charge in [0.05, 0.1) is 13.7 Å². The molecular formula is C17H16N6O3. The Morgan fingerprint density at radius 1 is 1.15 bits per heavy atom. The number of fused-ring (bicyclic) bond motifs is 1. The lowest BCUT2D eigenvalue weighted by Crippen LogP contribution is -2.41. The number of ether oxygens (including phenoxy) is 2. The maximum absolute atomic E-state index is 12.8. The van der Waals surface area contributed by atoms with Crippen LogP contribution < -0.4 is 14.4 Å². The molecule has 0 N–H and O–H groups in total. The molecule has 0 aliphatic carbocycles. The second kappa shape index (κ2) is 6.79. The zero-order valence-corrected chi connectivity index (χ0v) is 14.1. The maximum Gasteiger partial charge on any atom is 0.318 e. The fourth-order valence-corrected chi connectivity index (χ4v) is 2.70. The van der Waals surface area contributed by atoms with Crippen molar-refractivity contribution in [1.29, 1.82) is 0 Å². The summed E-state index contributed by atoms with van der Waals surface area (Å²) in [6.07, 6.45) is 3.22. The van der Waals surface area contributed by atoms with Gasteiger partial charge in [0.1, 0.15) is 23.8 Å². The van der Waals surface area contributed by atoms with Gasteiger partial charge in [0, 0.05) is 25.0 Å². The summed E-state index contributed by atoms with van der Waals surface area (Å²) in [6, 6.07) is 9.06. The number of amides is 1. The van der Waals surface area contributed by atoms with E-state index < -0.39 is 0 Å². The highest BCUT2D eigenvalue weighted by molar-refractivity contribution is 6.05. The number of aromatic nitrogens is 5. The Morgan fingerprint density at radius 2 is 2.08 bits per heavy atom. The van der Waals surface area contributed by atoms with Crippen LogP contribution in [0.3, 0.4) is 0 Å². The third-order valence-corrected chi connectivity index (χ3v) is 3.91. The zero-order valence-electron chi connectivity index (χ0n) is 14.1. The predicted octanol–water partition coefficient (Wildman–Crippen LogP) is 1.32. The van der Waals surface area contributed by atoms with E-state index in [9.17, 15) is 4.79 Å². The van der Waals surface area contributed by atoms with E-state index in [4.69, 9.17) is 9.47 Å². The second-order valence-corrected chi connectivity index (χ2v) is 5.56. The zero-order chi connectivity index (χ0) is 17.9. The Balaban J connectivity index is 1.52. The summed E-state index contributed by atoms with van der Waals surface area (Å²) in [4.78, 5) is 26.7. The number of anilines is 1. The molecule has 132 valence electrons. The summed E-state index contributed by atoms with van der Waals surface area (Å²) >= 11 is 0. The number of hydrogen-bond acceptors (Lipinski definition) is 7. The summed E-state index contributed by atoms with van der Waals surface area (Å²) in [5, 5.41) is 4.44. The first-order chi connectivity index (χ1) is 12.7. The van der Waals surface area contributed by atoms with Gasteiger partial charge in [-0.15, -0.1) is 0 Å². The molecular weight excluding hydrogens is 336 g/mol. The molecule has 0 fully saturated rings. The van der Waals surface area contributed by atoms with Crippen molar-refractivity contribution < 1.29 is 14.3 Å². The molecule has 9 nitrogen and oxygen atoms in total. The maximum atomic E-state index is 12.8. The van der Waals surface area contributed by atoms with Gasteiger partial charge >= 0.3 is 6.01 Å². The Kier molecular flexibility index (Phi) is 4.18. The molecule has 4 heterocycles. The SMILES string of the molecule is COc1nccc(N2CCn3nc(COc4ccccn4)cc3C2=O)n1. The number of nitrogens with zero attached hydrogens (tertiary/aromatic N) is 6. The molecule has 1 aliphatic heterocycles. The molecule has 3 aromatic rings. The summed E-state index contributed by atoms with van der Waals surface area (Å²) in [5.41, 5.74) is 1.16. The van der Waals surface area contributed by atoms with Crippen LogP contribution in [-0.2, 0) is 13.2 Å². The van der Waals surface area contributed by atoms with Crippen molar-refractivity contribution in [2.75, 3.05) is 18.6 Å². The van der Waals surface area contributed by atoms with E-state index in [0.29, 0.717) is 36.2 Å². The number of rotatable bonds is 5. The van der Waals surface area contributed by atoms with E-state index >= 15 is 0 Å². The normalized spacial score (nSPS) is 13.4. The first-order valence-electron chi connectivity index (χ1n) is 8.04. The van der Waals surface area contributed by atoms with Crippen LogP contribution in [0.4, 0.5) is 5.82 Å². The summed E-state index contributed by atoms with van der Waals surface area (Å²) < 4.78 is 12.3. The molecule has 0 atom stereocenters. The van der Waals surface area contributed by atoms with Gasteiger partial charge < -0.3 is 9.47 Å². The van der Waals surface area contributed by atoms with E-state index in [1.54, 1.807) is 40.2 Å². The smallest absolute Gasteiger partial charge is 0.318 e. The number of methoxy groups -OCH3 is 1. The van der Waals surface area contributed by atoms with Gasteiger partial charge in [-0.05, 0) is 18.2 Å². The Hall–Kier alpha value is -3.49. The molecule has 0 bridgehead atoms. The summed E-state index contributed by atoms with van der Waals surface area (Å²) in [6.45, 7) is 1.27. The third-order valence-electron chi connectivity index (χ3n) is 3.91. The number of pyridine rings is 1. The van der Waals surface area contributed by atoms with E-state index in [1.807, 2.05) is 12.1 Å². The molecule has 4 rings (SSSR count). The Morgan fingerprint density at radius 3 is 2.88 bits per heavy atom. The minimum atomic E-state index is -0.173. The van der Waals surface area contributed by atoms with Crippen molar-refractivity contribution in [3.05, 3.63) is 54.1 Å². The van der Waals surface area contributed by atoms with Crippen molar-refractivity contribution in [3.63, 3.8) is 0 Å². The summed E-state index contributed by atoms with van der Waals surface area (Å²) in [5.74, 6) is 0.841. The number of carbonyl (C=O) groups is 1. The van der Waals surface area contributed by atoms with Gasteiger partial charge in [-0.3, -0.25) is 14.4 Å². The quantitative estimate of drug-likeness (QED) is 0.683. The molecule has 0 saturated carbocycles. The molecule has 0 unspecified atom stereocenters. The van der Waals surface area contributed by atoms with E-state index in [2.05, 4.69) is 20.1 Å².